The lowest BCUT2D eigenvalue weighted by atomic mass is 9.92. The molecule has 0 radical (unpaired) electrons. The van der Waals surface area contributed by atoms with E-state index in [0.29, 0.717) is 22.5 Å². The van der Waals surface area contributed by atoms with Crippen LogP contribution in [0.3, 0.4) is 0 Å². The van der Waals surface area contributed by atoms with Crippen LogP contribution in [-0.4, -0.2) is 40.6 Å². The van der Waals surface area contributed by atoms with Gasteiger partial charge in [0.05, 0.1) is 28.6 Å². The van der Waals surface area contributed by atoms with Gasteiger partial charge in [0.2, 0.25) is 0 Å². The Hall–Kier alpha value is -2.77. The van der Waals surface area contributed by atoms with Crippen molar-refractivity contribution in [1.82, 2.24) is 9.80 Å². The van der Waals surface area contributed by atoms with Crippen molar-refractivity contribution in [3.63, 3.8) is 0 Å². The maximum atomic E-state index is 13.3. The Bertz CT molecular complexity index is 1150. The Balaban J connectivity index is 1.52. The average molecular weight is 481 g/mol. The third kappa shape index (κ3) is 3.09. The van der Waals surface area contributed by atoms with E-state index in [-0.39, 0.29) is 30.3 Å². The zero-order valence-corrected chi connectivity index (χ0v) is 18.3. The van der Waals surface area contributed by atoms with Crippen LogP contribution >= 0.6 is 27.3 Å². The molecule has 0 N–H and O–H groups in total. The number of hydrogen-bond donors (Lipinski definition) is 0. The van der Waals surface area contributed by atoms with Crippen LogP contribution in [-0.2, 0) is 6.42 Å². The van der Waals surface area contributed by atoms with Crippen molar-refractivity contribution in [1.29, 1.82) is 0 Å². The molecule has 0 bridgehead atoms. The van der Waals surface area contributed by atoms with Crippen LogP contribution in [0.5, 0.6) is 0 Å². The second kappa shape index (κ2) is 7.49. The predicted octanol–water partition coefficient (Wildman–Crippen LogP) is 4.55. The van der Waals surface area contributed by atoms with Gasteiger partial charge in [0, 0.05) is 16.4 Å². The number of benzene rings is 2. The fourth-order valence-electron chi connectivity index (χ4n) is 4.24. The van der Waals surface area contributed by atoms with Gasteiger partial charge in [0.25, 0.3) is 17.7 Å². The van der Waals surface area contributed by atoms with Crippen LogP contribution in [0, 0.1) is 0 Å². The number of hydrogen-bond acceptors (Lipinski definition) is 4. The van der Waals surface area contributed by atoms with Crippen molar-refractivity contribution >= 4 is 45.0 Å². The van der Waals surface area contributed by atoms with E-state index in [0.717, 1.165) is 22.0 Å². The molecular formula is C23H17BrN2O3S. The van der Waals surface area contributed by atoms with Crippen molar-refractivity contribution in [2.24, 2.45) is 0 Å². The first kappa shape index (κ1) is 19.2. The first-order valence-electron chi connectivity index (χ1n) is 9.62. The zero-order chi connectivity index (χ0) is 20.8. The topological polar surface area (TPSA) is 57.7 Å². The predicted molar refractivity (Wildman–Crippen MR) is 118 cm³/mol. The number of halogens is 1. The smallest absolute Gasteiger partial charge is 0.264 e. The van der Waals surface area contributed by atoms with Gasteiger partial charge >= 0.3 is 0 Å². The SMILES string of the molecule is O=C1c2ccccc2C(=O)N1C[C@H]1c2ccccc2CCN1C(=O)c1cc(Br)cs1. The molecule has 1 aromatic heterocycles. The summed E-state index contributed by atoms with van der Waals surface area (Å²) < 4.78 is 0.866. The normalized spacial score (nSPS) is 17.8. The summed E-state index contributed by atoms with van der Waals surface area (Å²) in [6.07, 6.45) is 0.743. The number of carbonyl (C=O) groups excluding carboxylic acids is 3. The van der Waals surface area contributed by atoms with E-state index in [9.17, 15) is 14.4 Å². The van der Waals surface area contributed by atoms with Crippen molar-refractivity contribution < 1.29 is 14.4 Å². The Morgan fingerprint density at radius 3 is 2.37 bits per heavy atom. The number of amides is 3. The number of nitrogens with zero attached hydrogens (tertiary/aromatic N) is 2. The van der Waals surface area contributed by atoms with Crippen molar-refractivity contribution in [3.05, 3.63) is 91.6 Å². The highest BCUT2D eigenvalue weighted by Gasteiger charge is 2.40. The monoisotopic (exact) mass is 480 g/mol. The molecule has 3 heterocycles. The van der Waals surface area contributed by atoms with E-state index < -0.39 is 0 Å². The van der Waals surface area contributed by atoms with Gasteiger partial charge in [-0.05, 0) is 51.7 Å². The first-order chi connectivity index (χ1) is 14.5. The van der Waals surface area contributed by atoms with Gasteiger partial charge in [-0.25, -0.2) is 0 Å². The van der Waals surface area contributed by atoms with Crippen molar-refractivity contribution in [3.8, 4) is 0 Å². The maximum absolute atomic E-state index is 13.3. The molecule has 150 valence electrons. The highest BCUT2D eigenvalue weighted by atomic mass is 79.9. The van der Waals surface area contributed by atoms with Crippen LogP contribution in [0.15, 0.2) is 64.5 Å². The van der Waals surface area contributed by atoms with Gasteiger partial charge in [-0.15, -0.1) is 11.3 Å². The molecule has 0 saturated heterocycles. The fourth-order valence-corrected chi connectivity index (χ4v) is 5.62. The summed E-state index contributed by atoms with van der Waals surface area (Å²) in [6.45, 7) is 0.681. The average Bonchev–Trinajstić information content (AvgIpc) is 3.31. The Kier molecular flexibility index (Phi) is 4.79. The molecule has 0 saturated carbocycles. The number of fused-ring (bicyclic) bond motifs is 2. The summed E-state index contributed by atoms with van der Waals surface area (Å²) >= 11 is 4.79. The minimum Gasteiger partial charge on any atom is -0.329 e. The Morgan fingerprint density at radius 1 is 1.03 bits per heavy atom. The Morgan fingerprint density at radius 2 is 1.70 bits per heavy atom. The van der Waals surface area contributed by atoms with E-state index in [1.807, 2.05) is 35.7 Å². The fraction of sp³-hybridized carbons (Fsp3) is 0.174. The molecule has 3 amide bonds. The minimum absolute atomic E-state index is 0.0817. The molecular weight excluding hydrogens is 464 g/mol. The second-order valence-corrected chi connectivity index (χ2v) is 9.19. The van der Waals surface area contributed by atoms with Gasteiger partial charge in [-0.3, -0.25) is 19.3 Å². The largest absolute Gasteiger partial charge is 0.329 e. The molecule has 5 nitrogen and oxygen atoms in total. The molecule has 0 unspecified atom stereocenters. The van der Waals surface area contributed by atoms with E-state index in [1.54, 1.807) is 29.2 Å². The summed E-state index contributed by atoms with van der Waals surface area (Å²) in [6, 6.07) is 16.2. The van der Waals surface area contributed by atoms with Gasteiger partial charge in [-0.2, -0.15) is 0 Å². The lowest BCUT2D eigenvalue weighted by Gasteiger charge is -2.38. The number of imide groups is 1. The third-order valence-corrected chi connectivity index (χ3v) is 7.36. The number of thiophene rings is 1. The molecule has 5 rings (SSSR count). The minimum atomic E-state index is -0.384. The van der Waals surface area contributed by atoms with Crippen LogP contribution in [0.2, 0.25) is 0 Å². The summed E-state index contributed by atoms with van der Waals surface area (Å²) in [5.74, 6) is -0.684. The molecule has 7 heteroatoms. The van der Waals surface area contributed by atoms with Gasteiger partial charge < -0.3 is 4.90 Å². The van der Waals surface area contributed by atoms with E-state index in [1.165, 1.54) is 16.2 Å². The molecule has 2 aliphatic heterocycles. The van der Waals surface area contributed by atoms with E-state index in [4.69, 9.17) is 0 Å². The molecule has 3 aromatic rings. The van der Waals surface area contributed by atoms with Crippen molar-refractivity contribution in [2.75, 3.05) is 13.1 Å². The van der Waals surface area contributed by atoms with E-state index in [2.05, 4.69) is 15.9 Å². The summed E-state index contributed by atoms with van der Waals surface area (Å²) in [7, 11) is 0. The molecule has 1 atom stereocenters. The lowest BCUT2D eigenvalue weighted by Crippen LogP contribution is -2.46. The van der Waals surface area contributed by atoms with Crippen LogP contribution in [0.1, 0.15) is 47.6 Å². The van der Waals surface area contributed by atoms with Gasteiger partial charge in [0.15, 0.2) is 0 Å². The molecule has 2 aliphatic rings. The molecule has 30 heavy (non-hydrogen) atoms. The zero-order valence-electron chi connectivity index (χ0n) is 15.9. The maximum Gasteiger partial charge on any atom is 0.264 e. The molecule has 0 fully saturated rings. The van der Waals surface area contributed by atoms with Crippen molar-refractivity contribution in [2.45, 2.75) is 12.5 Å². The lowest BCUT2D eigenvalue weighted by molar-refractivity contribution is 0.0505. The third-order valence-electron chi connectivity index (χ3n) is 5.69. The van der Waals surface area contributed by atoms with E-state index >= 15 is 0 Å². The molecule has 2 aromatic carbocycles. The highest BCUT2D eigenvalue weighted by Crippen LogP contribution is 2.35. The second-order valence-electron chi connectivity index (χ2n) is 7.36. The standard InChI is InChI=1S/C23H17BrN2O3S/c24-15-11-20(30-13-15)23(29)25-10-9-14-5-1-2-6-16(14)19(25)12-26-21(27)17-7-3-4-8-18(17)22(26)28/h1-8,11,13,19H,9-10,12H2/t19-/m0/s1. The number of carbonyl (C=O) groups is 3. The van der Waals surface area contributed by atoms with Gasteiger partial charge in [-0.1, -0.05) is 36.4 Å². The summed E-state index contributed by atoms with van der Waals surface area (Å²) in [4.78, 5) is 42.9. The first-order valence-corrected chi connectivity index (χ1v) is 11.3. The summed E-state index contributed by atoms with van der Waals surface area (Å²) in [5, 5.41) is 1.88. The van der Waals surface area contributed by atoms with Crippen LogP contribution < -0.4 is 0 Å². The Labute approximate surface area is 186 Å². The van der Waals surface area contributed by atoms with Crippen LogP contribution in [0.25, 0.3) is 0 Å². The van der Waals surface area contributed by atoms with Crippen LogP contribution in [0.4, 0.5) is 0 Å². The quantitative estimate of drug-likeness (QED) is 0.516. The highest BCUT2D eigenvalue weighted by molar-refractivity contribution is 9.10. The number of rotatable bonds is 3. The molecule has 0 aliphatic carbocycles. The molecule has 0 spiro atoms. The van der Waals surface area contributed by atoms with Gasteiger partial charge in [0.1, 0.15) is 0 Å². The summed E-state index contributed by atoms with van der Waals surface area (Å²) in [5.41, 5.74) is 2.98.